The van der Waals surface area contributed by atoms with Crippen LogP contribution in [0.4, 0.5) is 0 Å². The van der Waals surface area contributed by atoms with Gasteiger partial charge in [0, 0.05) is 6.61 Å². The summed E-state index contributed by atoms with van der Waals surface area (Å²) in [4.78, 5) is 10.8. The van der Waals surface area contributed by atoms with Crippen LogP contribution in [0, 0.1) is 0 Å². The smallest absolute Gasteiger partial charge is 0.322 e. The van der Waals surface area contributed by atoms with Crippen LogP contribution < -0.4 is 5.73 Å². The van der Waals surface area contributed by atoms with E-state index in [-0.39, 0.29) is 13.0 Å². The zero-order valence-electron chi connectivity index (χ0n) is 6.75. The molecule has 0 aromatic heterocycles. The van der Waals surface area contributed by atoms with Gasteiger partial charge in [-0.05, 0) is 12.8 Å². The Balaban J connectivity index is 3.47. The summed E-state index contributed by atoms with van der Waals surface area (Å²) in [5.74, 6) is -0.430. The number of hydrogen-bond acceptors (Lipinski definition) is 4. The summed E-state index contributed by atoms with van der Waals surface area (Å²) in [5, 5.41) is 8.42. The van der Waals surface area contributed by atoms with Crippen molar-refractivity contribution >= 4 is 5.97 Å². The number of esters is 1. The maximum Gasteiger partial charge on any atom is 0.322 e. The van der Waals surface area contributed by atoms with E-state index in [2.05, 4.69) is 0 Å². The Bertz CT molecular complexity index is 116. The van der Waals surface area contributed by atoms with Gasteiger partial charge < -0.3 is 15.6 Å². The lowest BCUT2D eigenvalue weighted by molar-refractivity contribution is -0.145. The lowest BCUT2D eigenvalue weighted by Gasteiger charge is -2.08. The first-order valence-electron chi connectivity index (χ1n) is 3.75. The molecule has 0 aromatic rings. The second kappa shape index (κ2) is 6.12. The monoisotopic (exact) mass is 161 g/mol. The molecule has 3 N–H and O–H groups in total. The normalized spacial score (nSPS) is 12.6. The highest BCUT2D eigenvalue weighted by Gasteiger charge is 2.12. The molecule has 0 heterocycles. The highest BCUT2D eigenvalue weighted by atomic mass is 16.5. The molecule has 0 rings (SSSR count). The molecule has 0 fully saturated rings. The Morgan fingerprint density at radius 3 is 2.82 bits per heavy atom. The quantitative estimate of drug-likeness (QED) is 0.540. The van der Waals surface area contributed by atoms with Gasteiger partial charge in [-0.25, -0.2) is 0 Å². The van der Waals surface area contributed by atoms with Gasteiger partial charge >= 0.3 is 5.97 Å². The molecule has 0 aliphatic rings. The fraction of sp³-hybridized carbons (Fsp3) is 0.857. The number of rotatable bonds is 5. The summed E-state index contributed by atoms with van der Waals surface area (Å²) in [6.07, 6.45) is 1.06. The summed E-state index contributed by atoms with van der Waals surface area (Å²) < 4.78 is 4.73. The number of carbonyl (C=O) groups is 1. The van der Waals surface area contributed by atoms with Crippen molar-refractivity contribution in [1.29, 1.82) is 0 Å². The minimum Gasteiger partial charge on any atom is -0.465 e. The lowest BCUT2D eigenvalue weighted by atomic mass is 10.2. The third-order valence-corrected chi connectivity index (χ3v) is 1.19. The molecule has 0 aliphatic heterocycles. The number of hydrogen-bond donors (Lipinski definition) is 2. The summed E-state index contributed by atoms with van der Waals surface area (Å²) in [6, 6.07) is -0.674. The fourth-order valence-electron chi connectivity index (χ4n) is 0.567. The maximum absolute atomic E-state index is 10.8. The lowest BCUT2D eigenvalue weighted by Crippen LogP contribution is -2.33. The molecule has 4 nitrogen and oxygen atoms in total. The van der Waals surface area contributed by atoms with Gasteiger partial charge in [-0.3, -0.25) is 4.79 Å². The topological polar surface area (TPSA) is 72.5 Å². The molecule has 66 valence electrons. The molecule has 0 saturated heterocycles. The summed E-state index contributed by atoms with van der Waals surface area (Å²) in [6.45, 7) is 2.23. The molecule has 0 unspecified atom stereocenters. The van der Waals surface area contributed by atoms with E-state index in [1.165, 1.54) is 0 Å². The molecular weight excluding hydrogens is 146 g/mol. The maximum atomic E-state index is 10.8. The van der Waals surface area contributed by atoms with Crippen molar-refractivity contribution in [2.75, 3.05) is 13.2 Å². The van der Waals surface area contributed by atoms with Crippen LogP contribution >= 0.6 is 0 Å². The van der Waals surface area contributed by atoms with Gasteiger partial charge in [-0.2, -0.15) is 0 Å². The van der Waals surface area contributed by atoms with E-state index in [9.17, 15) is 4.79 Å². The zero-order valence-corrected chi connectivity index (χ0v) is 6.75. The van der Waals surface area contributed by atoms with Crippen LogP contribution in [-0.2, 0) is 9.53 Å². The van der Waals surface area contributed by atoms with Gasteiger partial charge in [0.1, 0.15) is 6.04 Å². The molecule has 0 bridgehead atoms. The van der Waals surface area contributed by atoms with Gasteiger partial charge in [-0.1, -0.05) is 6.92 Å². The van der Waals surface area contributed by atoms with Gasteiger partial charge in [0.15, 0.2) is 0 Å². The predicted molar refractivity (Wildman–Crippen MR) is 40.9 cm³/mol. The molecule has 0 spiro atoms. The van der Waals surface area contributed by atoms with Gasteiger partial charge in [0.25, 0.3) is 0 Å². The van der Waals surface area contributed by atoms with Crippen molar-refractivity contribution in [3.05, 3.63) is 0 Å². The summed E-state index contributed by atoms with van der Waals surface area (Å²) in [5.41, 5.74) is 5.33. The molecule has 0 saturated carbocycles. The van der Waals surface area contributed by atoms with Crippen molar-refractivity contribution < 1.29 is 14.6 Å². The van der Waals surface area contributed by atoms with Crippen LogP contribution in [-0.4, -0.2) is 30.3 Å². The molecule has 0 radical (unpaired) electrons. The average molecular weight is 161 g/mol. The Hall–Kier alpha value is -0.610. The minimum atomic E-state index is -0.674. The molecular formula is C7H15NO3. The second-order valence-corrected chi connectivity index (χ2v) is 2.29. The van der Waals surface area contributed by atoms with Crippen LogP contribution in [0.25, 0.3) is 0 Å². The Morgan fingerprint density at radius 2 is 2.36 bits per heavy atom. The standard InChI is InChI=1S/C7H15NO3/c1-2-5-11-7(10)6(8)3-4-9/h6,9H,2-5,8H2,1H3/t6-/m0/s1. The van der Waals surface area contributed by atoms with Crippen LogP contribution in [0.2, 0.25) is 0 Å². The first-order chi connectivity index (χ1) is 5.22. The van der Waals surface area contributed by atoms with Gasteiger partial charge in [0.05, 0.1) is 6.61 Å². The van der Waals surface area contributed by atoms with Crippen LogP contribution in [0.1, 0.15) is 19.8 Å². The van der Waals surface area contributed by atoms with Crippen molar-refractivity contribution in [2.24, 2.45) is 5.73 Å². The molecule has 11 heavy (non-hydrogen) atoms. The second-order valence-electron chi connectivity index (χ2n) is 2.29. The third-order valence-electron chi connectivity index (χ3n) is 1.19. The van der Waals surface area contributed by atoms with E-state index in [1.807, 2.05) is 6.92 Å². The van der Waals surface area contributed by atoms with Crippen LogP contribution in [0.3, 0.4) is 0 Å². The molecule has 0 aromatic carbocycles. The first-order valence-corrected chi connectivity index (χ1v) is 3.75. The number of carbonyl (C=O) groups excluding carboxylic acids is 1. The van der Waals surface area contributed by atoms with Crippen molar-refractivity contribution in [3.8, 4) is 0 Å². The van der Waals surface area contributed by atoms with Crippen molar-refractivity contribution in [1.82, 2.24) is 0 Å². The minimum absolute atomic E-state index is 0.0810. The molecule has 4 heteroatoms. The van der Waals surface area contributed by atoms with Gasteiger partial charge in [0.2, 0.25) is 0 Å². The van der Waals surface area contributed by atoms with Crippen LogP contribution in [0.15, 0.2) is 0 Å². The van der Waals surface area contributed by atoms with E-state index in [4.69, 9.17) is 15.6 Å². The largest absolute Gasteiger partial charge is 0.465 e. The number of aliphatic hydroxyl groups is 1. The molecule has 0 aliphatic carbocycles. The Kier molecular flexibility index (Phi) is 5.78. The molecule has 0 amide bonds. The molecule has 1 atom stereocenters. The number of ether oxygens (including phenoxy) is 1. The summed E-state index contributed by atoms with van der Waals surface area (Å²) in [7, 11) is 0. The van der Waals surface area contributed by atoms with Crippen LogP contribution in [0.5, 0.6) is 0 Å². The Morgan fingerprint density at radius 1 is 1.73 bits per heavy atom. The van der Waals surface area contributed by atoms with E-state index < -0.39 is 12.0 Å². The van der Waals surface area contributed by atoms with E-state index in [1.54, 1.807) is 0 Å². The highest BCUT2D eigenvalue weighted by molar-refractivity contribution is 5.75. The van der Waals surface area contributed by atoms with E-state index in [0.717, 1.165) is 6.42 Å². The third kappa shape index (κ3) is 4.75. The van der Waals surface area contributed by atoms with Crippen molar-refractivity contribution in [2.45, 2.75) is 25.8 Å². The SMILES string of the molecule is CCCOC(=O)[C@@H](N)CCO. The zero-order chi connectivity index (χ0) is 8.69. The van der Waals surface area contributed by atoms with E-state index in [0.29, 0.717) is 6.61 Å². The van der Waals surface area contributed by atoms with E-state index >= 15 is 0 Å². The van der Waals surface area contributed by atoms with Crippen molar-refractivity contribution in [3.63, 3.8) is 0 Å². The summed E-state index contributed by atoms with van der Waals surface area (Å²) >= 11 is 0. The van der Waals surface area contributed by atoms with Gasteiger partial charge in [-0.15, -0.1) is 0 Å². The highest BCUT2D eigenvalue weighted by Crippen LogP contribution is 1.91. The average Bonchev–Trinajstić information content (AvgIpc) is 2.00. The predicted octanol–water partition coefficient (Wildman–Crippen LogP) is -0.351. The fourth-order valence-corrected chi connectivity index (χ4v) is 0.567. The Labute approximate surface area is 66.3 Å². The number of aliphatic hydroxyl groups excluding tert-OH is 1. The number of nitrogens with two attached hydrogens (primary N) is 1. The first kappa shape index (κ1) is 10.4.